The smallest absolute Gasteiger partial charge is 0.0471 e. The third kappa shape index (κ3) is 2.55. The summed E-state index contributed by atoms with van der Waals surface area (Å²) in [7, 11) is 0. The quantitative estimate of drug-likeness (QED) is 0.812. The molecule has 0 radical (unpaired) electrons. The van der Waals surface area contributed by atoms with Crippen LogP contribution < -0.4 is 5.73 Å². The van der Waals surface area contributed by atoms with Crippen molar-refractivity contribution in [1.82, 2.24) is 4.98 Å². The Hall–Kier alpha value is -0.930. The molecule has 1 aromatic rings. The molecule has 0 aliphatic carbocycles. The Morgan fingerprint density at radius 2 is 2.20 bits per heavy atom. The number of ether oxygens (including phenoxy) is 1. The van der Waals surface area contributed by atoms with E-state index in [4.69, 9.17) is 10.5 Å². The van der Waals surface area contributed by atoms with Crippen molar-refractivity contribution in [3.63, 3.8) is 0 Å². The van der Waals surface area contributed by atoms with E-state index in [-0.39, 0.29) is 5.41 Å². The molecule has 82 valence electrons. The highest BCUT2D eigenvalue weighted by atomic mass is 16.5. The Morgan fingerprint density at radius 3 is 2.80 bits per heavy atom. The minimum absolute atomic E-state index is 0.237. The first-order chi connectivity index (χ1) is 7.35. The maximum absolute atomic E-state index is 5.91. The summed E-state index contributed by atoms with van der Waals surface area (Å²) in [5, 5.41) is 0. The van der Waals surface area contributed by atoms with Gasteiger partial charge in [0.2, 0.25) is 0 Å². The number of aromatic nitrogens is 1. The number of nitrogens with zero attached hydrogens (tertiary/aromatic N) is 1. The molecule has 0 spiro atoms. The number of hydrogen-bond donors (Lipinski definition) is 1. The number of nitrogens with two attached hydrogens (primary N) is 1. The molecular weight excluding hydrogens is 188 g/mol. The molecule has 0 aromatic carbocycles. The van der Waals surface area contributed by atoms with Gasteiger partial charge >= 0.3 is 0 Å². The van der Waals surface area contributed by atoms with Gasteiger partial charge in [0.05, 0.1) is 0 Å². The molecule has 1 aromatic heterocycles. The van der Waals surface area contributed by atoms with Crippen molar-refractivity contribution in [3.05, 3.63) is 30.1 Å². The van der Waals surface area contributed by atoms with Crippen LogP contribution in [-0.4, -0.2) is 24.7 Å². The number of hydrogen-bond acceptors (Lipinski definition) is 3. The molecule has 0 atom stereocenters. The van der Waals surface area contributed by atoms with Gasteiger partial charge in [0, 0.05) is 25.6 Å². The summed E-state index contributed by atoms with van der Waals surface area (Å²) in [6.45, 7) is 2.43. The summed E-state index contributed by atoms with van der Waals surface area (Å²) in [6.07, 6.45) is 6.91. The van der Waals surface area contributed by atoms with Gasteiger partial charge in [0.25, 0.3) is 0 Å². The molecule has 2 rings (SSSR count). The average molecular weight is 206 g/mol. The Morgan fingerprint density at radius 1 is 1.40 bits per heavy atom. The second-order valence-electron chi connectivity index (χ2n) is 4.35. The van der Waals surface area contributed by atoms with E-state index in [2.05, 4.69) is 11.1 Å². The first-order valence-corrected chi connectivity index (χ1v) is 5.51. The minimum atomic E-state index is 0.237. The lowest BCUT2D eigenvalue weighted by atomic mass is 9.75. The molecule has 0 saturated carbocycles. The Bertz CT molecular complexity index is 294. The fourth-order valence-electron chi connectivity index (χ4n) is 2.19. The van der Waals surface area contributed by atoms with E-state index >= 15 is 0 Å². The monoisotopic (exact) mass is 206 g/mol. The SMILES string of the molecule is NCC1(Cc2cccnc2)CCOCC1. The van der Waals surface area contributed by atoms with E-state index in [1.165, 1.54) is 5.56 Å². The van der Waals surface area contributed by atoms with Gasteiger partial charge in [-0.1, -0.05) is 6.07 Å². The van der Waals surface area contributed by atoms with E-state index in [9.17, 15) is 0 Å². The highest BCUT2D eigenvalue weighted by Crippen LogP contribution is 2.32. The fourth-order valence-corrected chi connectivity index (χ4v) is 2.19. The summed E-state index contributed by atoms with van der Waals surface area (Å²) < 4.78 is 5.39. The zero-order valence-electron chi connectivity index (χ0n) is 8.98. The lowest BCUT2D eigenvalue weighted by molar-refractivity contribution is 0.0191. The largest absolute Gasteiger partial charge is 0.381 e. The van der Waals surface area contributed by atoms with Crippen molar-refractivity contribution in [3.8, 4) is 0 Å². The predicted molar refractivity (Wildman–Crippen MR) is 59.5 cm³/mol. The maximum Gasteiger partial charge on any atom is 0.0471 e. The fraction of sp³-hybridized carbons (Fsp3) is 0.583. The molecule has 1 fully saturated rings. The number of rotatable bonds is 3. The predicted octanol–water partition coefficient (Wildman–Crippen LogP) is 1.38. The molecular formula is C12H18N2O. The van der Waals surface area contributed by atoms with Gasteiger partial charge in [-0.15, -0.1) is 0 Å². The summed E-state index contributed by atoms with van der Waals surface area (Å²) in [5.74, 6) is 0. The summed E-state index contributed by atoms with van der Waals surface area (Å²) in [5.41, 5.74) is 7.43. The van der Waals surface area contributed by atoms with Crippen molar-refractivity contribution in [2.75, 3.05) is 19.8 Å². The third-order valence-corrected chi connectivity index (χ3v) is 3.29. The van der Waals surface area contributed by atoms with E-state index in [1.807, 2.05) is 18.5 Å². The zero-order chi connectivity index (χ0) is 10.6. The molecule has 2 heterocycles. The maximum atomic E-state index is 5.91. The van der Waals surface area contributed by atoms with Crippen molar-refractivity contribution in [1.29, 1.82) is 0 Å². The summed E-state index contributed by atoms with van der Waals surface area (Å²) >= 11 is 0. The van der Waals surface area contributed by atoms with E-state index < -0.39 is 0 Å². The Kier molecular flexibility index (Phi) is 3.34. The van der Waals surface area contributed by atoms with E-state index in [1.54, 1.807) is 0 Å². The van der Waals surface area contributed by atoms with Gasteiger partial charge in [-0.3, -0.25) is 4.98 Å². The molecule has 1 aliphatic rings. The second kappa shape index (κ2) is 4.73. The van der Waals surface area contributed by atoms with Crippen LogP contribution in [0.3, 0.4) is 0 Å². The van der Waals surface area contributed by atoms with Crippen LogP contribution in [0.25, 0.3) is 0 Å². The summed E-state index contributed by atoms with van der Waals surface area (Å²) in [6, 6.07) is 4.11. The Labute approximate surface area is 90.7 Å². The van der Waals surface area contributed by atoms with Crippen LogP contribution in [0, 0.1) is 5.41 Å². The first-order valence-electron chi connectivity index (χ1n) is 5.51. The van der Waals surface area contributed by atoms with Gasteiger partial charge in [0.1, 0.15) is 0 Å². The van der Waals surface area contributed by atoms with Crippen molar-refractivity contribution in [2.45, 2.75) is 19.3 Å². The van der Waals surface area contributed by atoms with Gasteiger partial charge in [-0.05, 0) is 42.9 Å². The van der Waals surface area contributed by atoms with Crippen LogP contribution in [0.2, 0.25) is 0 Å². The van der Waals surface area contributed by atoms with Gasteiger partial charge in [0.15, 0.2) is 0 Å². The molecule has 0 bridgehead atoms. The minimum Gasteiger partial charge on any atom is -0.381 e. The molecule has 1 saturated heterocycles. The van der Waals surface area contributed by atoms with Gasteiger partial charge in [-0.25, -0.2) is 0 Å². The number of pyridine rings is 1. The lowest BCUT2D eigenvalue weighted by Crippen LogP contribution is -2.38. The normalized spacial score (nSPS) is 20.1. The van der Waals surface area contributed by atoms with Gasteiger partial charge in [-0.2, -0.15) is 0 Å². The van der Waals surface area contributed by atoms with Gasteiger partial charge < -0.3 is 10.5 Å². The van der Waals surface area contributed by atoms with Crippen LogP contribution >= 0.6 is 0 Å². The van der Waals surface area contributed by atoms with E-state index in [0.29, 0.717) is 0 Å². The Balaban J connectivity index is 2.07. The highest BCUT2D eigenvalue weighted by Gasteiger charge is 2.31. The first kappa shape index (κ1) is 10.6. The van der Waals surface area contributed by atoms with Crippen molar-refractivity contribution >= 4 is 0 Å². The third-order valence-electron chi connectivity index (χ3n) is 3.29. The van der Waals surface area contributed by atoms with Crippen LogP contribution in [0.1, 0.15) is 18.4 Å². The molecule has 1 aliphatic heterocycles. The summed E-state index contributed by atoms with van der Waals surface area (Å²) in [4.78, 5) is 4.14. The lowest BCUT2D eigenvalue weighted by Gasteiger charge is -2.36. The molecule has 0 amide bonds. The second-order valence-corrected chi connectivity index (χ2v) is 4.35. The molecule has 15 heavy (non-hydrogen) atoms. The van der Waals surface area contributed by atoms with Crippen LogP contribution in [0.4, 0.5) is 0 Å². The highest BCUT2D eigenvalue weighted by molar-refractivity contribution is 5.11. The molecule has 3 nitrogen and oxygen atoms in total. The molecule has 2 N–H and O–H groups in total. The van der Waals surface area contributed by atoms with Crippen molar-refractivity contribution in [2.24, 2.45) is 11.1 Å². The van der Waals surface area contributed by atoms with Crippen LogP contribution in [0.5, 0.6) is 0 Å². The molecule has 0 unspecified atom stereocenters. The molecule has 3 heteroatoms. The standard InChI is InChI=1S/C12H18N2O/c13-10-12(3-6-15-7-4-12)8-11-2-1-5-14-9-11/h1-2,5,9H,3-4,6-8,10,13H2. The topological polar surface area (TPSA) is 48.1 Å². The van der Waals surface area contributed by atoms with Crippen LogP contribution in [0.15, 0.2) is 24.5 Å². The average Bonchev–Trinajstić information content (AvgIpc) is 2.32. The van der Waals surface area contributed by atoms with Crippen molar-refractivity contribution < 1.29 is 4.74 Å². The van der Waals surface area contributed by atoms with E-state index in [0.717, 1.165) is 39.0 Å². The zero-order valence-corrected chi connectivity index (χ0v) is 8.98. The van der Waals surface area contributed by atoms with Crippen LogP contribution in [-0.2, 0) is 11.2 Å².